The van der Waals surface area contributed by atoms with Crippen molar-refractivity contribution < 1.29 is 0 Å². The molecule has 1 aliphatic heterocycles. The molecule has 1 fully saturated rings. The molecule has 0 aliphatic carbocycles. The molecule has 0 bridgehead atoms. The van der Waals surface area contributed by atoms with Crippen molar-refractivity contribution in [2.75, 3.05) is 23.7 Å². The second-order valence-electron chi connectivity index (χ2n) is 5.01. The summed E-state index contributed by atoms with van der Waals surface area (Å²) in [6, 6.07) is 3.96. The minimum Gasteiger partial charge on any atom is -0.396 e. The zero-order chi connectivity index (χ0) is 13.1. The first-order valence-electron chi connectivity index (χ1n) is 6.42. The Hall–Kier alpha value is -1.89. The lowest BCUT2D eigenvalue weighted by Gasteiger charge is -2.33. The number of anilines is 2. The van der Waals surface area contributed by atoms with Crippen LogP contribution in [0.1, 0.15) is 25.5 Å². The summed E-state index contributed by atoms with van der Waals surface area (Å²) in [5.41, 5.74) is 7.38. The van der Waals surface area contributed by atoms with Crippen LogP contribution in [-0.2, 0) is 6.54 Å². The third-order valence-corrected chi connectivity index (χ3v) is 3.48. The standard InChI is InChI=1S/C14H20N4/c1-3-6-18-12(9-15)8-13(16)14(18)17-7-4-5-11(2)10-17/h3,8,11H,1,4-7,10,16H2,2H3/t11-/m1/s1. The molecule has 0 radical (unpaired) electrons. The van der Waals surface area contributed by atoms with Gasteiger partial charge in [0.05, 0.1) is 5.69 Å². The van der Waals surface area contributed by atoms with Gasteiger partial charge in [0.1, 0.15) is 17.6 Å². The molecule has 1 aromatic rings. The molecule has 0 spiro atoms. The van der Waals surface area contributed by atoms with Gasteiger partial charge in [-0.3, -0.25) is 0 Å². The summed E-state index contributed by atoms with van der Waals surface area (Å²) in [6.45, 7) is 8.66. The summed E-state index contributed by atoms with van der Waals surface area (Å²) >= 11 is 0. The molecule has 4 heteroatoms. The predicted molar refractivity (Wildman–Crippen MR) is 74.4 cm³/mol. The van der Waals surface area contributed by atoms with Gasteiger partial charge in [0, 0.05) is 19.6 Å². The maximum atomic E-state index is 9.15. The van der Waals surface area contributed by atoms with Crippen LogP contribution in [0.5, 0.6) is 0 Å². The molecule has 18 heavy (non-hydrogen) atoms. The Kier molecular flexibility index (Phi) is 3.61. The Labute approximate surface area is 108 Å². The first-order chi connectivity index (χ1) is 8.67. The van der Waals surface area contributed by atoms with Crippen LogP contribution < -0.4 is 10.6 Å². The molecule has 0 amide bonds. The Morgan fingerprint density at radius 1 is 1.67 bits per heavy atom. The fraction of sp³-hybridized carbons (Fsp3) is 0.500. The van der Waals surface area contributed by atoms with Crippen LogP contribution in [0, 0.1) is 17.2 Å². The van der Waals surface area contributed by atoms with E-state index >= 15 is 0 Å². The molecular weight excluding hydrogens is 224 g/mol. The van der Waals surface area contributed by atoms with Crippen molar-refractivity contribution in [3.63, 3.8) is 0 Å². The summed E-state index contributed by atoms with van der Waals surface area (Å²) in [6.07, 6.45) is 4.25. The Morgan fingerprint density at radius 2 is 2.44 bits per heavy atom. The van der Waals surface area contributed by atoms with Crippen LogP contribution in [0.4, 0.5) is 11.5 Å². The van der Waals surface area contributed by atoms with Crippen LogP contribution in [0.15, 0.2) is 18.7 Å². The Balaban J connectivity index is 2.39. The second-order valence-corrected chi connectivity index (χ2v) is 5.01. The van der Waals surface area contributed by atoms with Crippen LogP contribution in [0.3, 0.4) is 0 Å². The minimum absolute atomic E-state index is 0.612. The summed E-state index contributed by atoms with van der Waals surface area (Å²) in [5.74, 6) is 1.66. The summed E-state index contributed by atoms with van der Waals surface area (Å²) in [4.78, 5) is 2.30. The highest BCUT2D eigenvalue weighted by molar-refractivity contribution is 5.68. The summed E-state index contributed by atoms with van der Waals surface area (Å²) in [7, 11) is 0. The number of piperidine rings is 1. The first kappa shape index (κ1) is 12.6. The quantitative estimate of drug-likeness (QED) is 0.830. The number of nitrogens with two attached hydrogens (primary N) is 1. The number of rotatable bonds is 3. The number of hydrogen-bond acceptors (Lipinski definition) is 3. The van der Waals surface area contributed by atoms with Crippen LogP contribution in [0.25, 0.3) is 0 Å². The summed E-state index contributed by atoms with van der Waals surface area (Å²) in [5, 5.41) is 9.15. The molecule has 2 N–H and O–H groups in total. The fourth-order valence-electron chi connectivity index (χ4n) is 2.70. The van der Waals surface area contributed by atoms with Gasteiger partial charge in [0.2, 0.25) is 0 Å². The molecule has 0 saturated carbocycles. The molecule has 2 heterocycles. The van der Waals surface area contributed by atoms with E-state index in [-0.39, 0.29) is 0 Å². The molecule has 1 aromatic heterocycles. The molecule has 1 aliphatic rings. The third kappa shape index (κ3) is 2.21. The van der Waals surface area contributed by atoms with E-state index in [0.29, 0.717) is 23.8 Å². The van der Waals surface area contributed by atoms with E-state index in [4.69, 9.17) is 11.0 Å². The second kappa shape index (κ2) is 5.18. The average molecular weight is 244 g/mol. The molecule has 0 unspecified atom stereocenters. The molecule has 2 rings (SSSR count). The van der Waals surface area contributed by atoms with Gasteiger partial charge < -0.3 is 15.2 Å². The fourth-order valence-corrected chi connectivity index (χ4v) is 2.70. The summed E-state index contributed by atoms with van der Waals surface area (Å²) < 4.78 is 1.96. The Morgan fingerprint density at radius 3 is 3.06 bits per heavy atom. The number of aromatic nitrogens is 1. The van der Waals surface area contributed by atoms with E-state index in [1.807, 2.05) is 4.57 Å². The normalized spacial score (nSPS) is 19.6. The molecule has 1 atom stereocenters. The van der Waals surface area contributed by atoms with Crippen molar-refractivity contribution in [2.24, 2.45) is 5.92 Å². The zero-order valence-corrected chi connectivity index (χ0v) is 10.9. The van der Waals surface area contributed by atoms with Crippen molar-refractivity contribution in [3.05, 3.63) is 24.4 Å². The van der Waals surface area contributed by atoms with Gasteiger partial charge in [-0.1, -0.05) is 13.0 Å². The first-order valence-corrected chi connectivity index (χ1v) is 6.42. The van der Waals surface area contributed by atoms with Crippen molar-refractivity contribution in [1.82, 2.24) is 4.57 Å². The lowest BCUT2D eigenvalue weighted by Crippen LogP contribution is -2.36. The van der Waals surface area contributed by atoms with Gasteiger partial charge in [0.15, 0.2) is 0 Å². The van der Waals surface area contributed by atoms with Gasteiger partial charge in [0.25, 0.3) is 0 Å². The lowest BCUT2D eigenvalue weighted by molar-refractivity contribution is 0.441. The monoisotopic (exact) mass is 244 g/mol. The molecule has 96 valence electrons. The smallest absolute Gasteiger partial charge is 0.133 e. The van der Waals surface area contributed by atoms with Crippen molar-refractivity contribution in [3.8, 4) is 6.07 Å². The number of nitriles is 1. The van der Waals surface area contributed by atoms with Crippen LogP contribution >= 0.6 is 0 Å². The predicted octanol–water partition coefficient (Wildman–Crippen LogP) is 2.36. The SMILES string of the molecule is C=CCn1c(C#N)cc(N)c1N1CCC[C@@H](C)C1. The van der Waals surface area contributed by atoms with Gasteiger partial charge >= 0.3 is 0 Å². The lowest BCUT2D eigenvalue weighted by atomic mass is 10.0. The minimum atomic E-state index is 0.612. The van der Waals surface area contributed by atoms with E-state index < -0.39 is 0 Å². The van der Waals surface area contributed by atoms with Crippen molar-refractivity contribution in [2.45, 2.75) is 26.3 Å². The van der Waals surface area contributed by atoms with E-state index in [0.717, 1.165) is 18.9 Å². The third-order valence-electron chi connectivity index (χ3n) is 3.48. The number of hydrogen-bond donors (Lipinski definition) is 1. The average Bonchev–Trinajstić information content (AvgIpc) is 2.66. The number of nitrogens with zero attached hydrogens (tertiary/aromatic N) is 3. The molecule has 0 aromatic carbocycles. The van der Waals surface area contributed by atoms with Gasteiger partial charge in [-0.2, -0.15) is 5.26 Å². The van der Waals surface area contributed by atoms with Gasteiger partial charge in [-0.05, 0) is 24.8 Å². The largest absolute Gasteiger partial charge is 0.396 e. The van der Waals surface area contributed by atoms with E-state index in [9.17, 15) is 0 Å². The number of nitrogen functional groups attached to an aromatic ring is 1. The van der Waals surface area contributed by atoms with Gasteiger partial charge in [-0.25, -0.2) is 0 Å². The van der Waals surface area contributed by atoms with Crippen molar-refractivity contribution in [1.29, 1.82) is 5.26 Å². The van der Waals surface area contributed by atoms with Crippen LogP contribution in [0.2, 0.25) is 0 Å². The van der Waals surface area contributed by atoms with Gasteiger partial charge in [-0.15, -0.1) is 6.58 Å². The highest BCUT2D eigenvalue weighted by Gasteiger charge is 2.23. The topological polar surface area (TPSA) is 58.0 Å². The highest BCUT2D eigenvalue weighted by Crippen LogP contribution is 2.31. The van der Waals surface area contributed by atoms with E-state index in [1.54, 1.807) is 12.1 Å². The van der Waals surface area contributed by atoms with E-state index in [2.05, 4.69) is 24.5 Å². The molecule has 1 saturated heterocycles. The van der Waals surface area contributed by atoms with E-state index in [1.165, 1.54) is 12.8 Å². The van der Waals surface area contributed by atoms with Crippen LogP contribution in [-0.4, -0.2) is 17.7 Å². The molecule has 4 nitrogen and oxygen atoms in total. The Bertz CT molecular complexity index is 481. The van der Waals surface area contributed by atoms with Crippen molar-refractivity contribution >= 4 is 11.5 Å². The maximum absolute atomic E-state index is 9.15. The maximum Gasteiger partial charge on any atom is 0.133 e. The molecular formula is C14H20N4. The highest BCUT2D eigenvalue weighted by atomic mass is 15.3. The number of allylic oxidation sites excluding steroid dienone is 1. The zero-order valence-electron chi connectivity index (χ0n) is 10.9.